The molecule has 1 aromatic carbocycles. The summed E-state index contributed by atoms with van der Waals surface area (Å²) in [4.78, 5) is 2.31. The fourth-order valence-electron chi connectivity index (χ4n) is 2.46. The molecule has 1 saturated heterocycles. The molecule has 0 unspecified atom stereocenters. The molecule has 1 aliphatic rings. The lowest BCUT2D eigenvalue weighted by Crippen LogP contribution is -2.29. The number of halogens is 1. The van der Waals surface area contributed by atoms with Crippen LogP contribution < -0.4 is 0 Å². The highest BCUT2D eigenvalue weighted by molar-refractivity contribution is 5.31. The van der Waals surface area contributed by atoms with Gasteiger partial charge in [0.15, 0.2) is 0 Å². The molecule has 15 heavy (non-hydrogen) atoms. The van der Waals surface area contributed by atoms with Crippen molar-refractivity contribution in [2.24, 2.45) is 0 Å². The monoisotopic (exact) mass is 207 g/mol. The van der Waals surface area contributed by atoms with E-state index in [9.17, 15) is 4.39 Å². The van der Waals surface area contributed by atoms with E-state index in [1.165, 1.54) is 0 Å². The molecule has 0 aromatic heterocycles. The summed E-state index contributed by atoms with van der Waals surface area (Å²) in [6.07, 6.45) is 2.16. The lowest BCUT2D eigenvalue weighted by Gasteiger charge is -2.30. The Labute approximate surface area is 90.9 Å². The molecule has 0 saturated carbocycles. The van der Waals surface area contributed by atoms with Gasteiger partial charge in [-0.25, -0.2) is 4.39 Å². The molecule has 1 nitrogen and oxygen atoms in total. The van der Waals surface area contributed by atoms with Gasteiger partial charge in [-0.05, 0) is 63.0 Å². The van der Waals surface area contributed by atoms with Crippen molar-refractivity contribution >= 4 is 0 Å². The number of likely N-dealkylation sites (tertiary alicyclic amines) is 1. The van der Waals surface area contributed by atoms with Gasteiger partial charge in [0.05, 0.1) is 0 Å². The normalized spacial score (nSPS) is 19.4. The van der Waals surface area contributed by atoms with Gasteiger partial charge in [-0.1, -0.05) is 12.1 Å². The summed E-state index contributed by atoms with van der Waals surface area (Å²) in [5.74, 6) is 0.395. The van der Waals surface area contributed by atoms with Crippen molar-refractivity contribution in [3.8, 4) is 0 Å². The predicted octanol–water partition coefficient (Wildman–Crippen LogP) is 2.94. The second-order valence-corrected chi connectivity index (χ2v) is 4.55. The number of nitrogens with zero attached hydrogens (tertiary/aromatic N) is 1. The van der Waals surface area contributed by atoms with E-state index in [4.69, 9.17) is 0 Å². The number of hydrogen-bond acceptors (Lipinski definition) is 1. The quantitative estimate of drug-likeness (QED) is 0.684. The van der Waals surface area contributed by atoms with E-state index in [2.05, 4.69) is 11.9 Å². The Balaban J connectivity index is 2.22. The molecule has 1 heterocycles. The lowest BCUT2D eigenvalue weighted by molar-refractivity contribution is 0.252. The Bertz CT molecular complexity index is 320. The van der Waals surface area contributed by atoms with Gasteiger partial charge in [0.2, 0.25) is 0 Å². The molecular weight excluding hydrogens is 189 g/mol. The smallest absolute Gasteiger partial charge is 0.126 e. The molecule has 1 fully saturated rings. The zero-order chi connectivity index (χ0) is 10.8. The first-order chi connectivity index (χ1) is 7.18. The number of benzene rings is 1. The first kappa shape index (κ1) is 10.6. The molecule has 0 N–H and O–H groups in total. The molecule has 1 aromatic rings. The van der Waals surface area contributed by atoms with Gasteiger partial charge in [-0.3, -0.25) is 0 Å². The third-order valence-corrected chi connectivity index (χ3v) is 3.40. The van der Waals surface area contributed by atoms with Crippen LogP contribution in [0.1, 0.15) is 29.9 Å². The zero-order valence-corrected chi connectivity index (χ0v) is 9.46. The fourth-order valence-corrected chi connectivity index (χ4v) is 2.46. The van der Waals surface area contributed by atoms with Gasteiger partial charge >= 0.3 is 0 Å². The average Bonchev–Trinajstić information content (AvgIpc) is 2.20. The summed E-state index contributed by atoms with van der Waals surface area (Å²) in [5.41, 5.74) is 2.05. The van der Waals surface area contributed by atoms with Crippen molar-refractivity contribution in [1.29, 1.82) is 0 Å². The van der Waals surface area contributed by atoms with Gasteiger partial charge in [-0.15, -0.1) is 0 Å². The number of hydrogen-bond donors (Lipinski definition) is 0. The van der Waals surface area contributed by atoms with Gasteiger partial charge in [0.25, 0.3) is 0 Å². The number of rotatable bonds is 1. The van der Waals surface area contributed by atoms with Crippen LogP contribution in [0.3, 0.4) is 0 Å². The number of aryl methyl sites for hydroxylation is 1. The van der Waals surface area contributed by atoms with Gasteiger partial charge in [-0.2, -0.15) is 0 Å². The summed E-state index contributed by atoms with van der Waals surface area (Å²) < 4.78 is 13.7. The summed E-state index contributed by atoms with van der Waals surface area (Å²) in [5, 5.41) is 0. The predicted molar refractivity (Wildman–Crippen MR) is 60.6 cm³/mol. The van der Waals surface area contributed by atoms with Crippen molar-refractivity contribution < 1.29 is 4.39 Å². The summed E-state index contributed by atoms with van der Waals surface area (Å²) in [6.45, 7) is 4.17. The molecule has 0 spiro atoms. The highest BCUT2D eigenvalue weighted by Crippen LogP contribution is 2.31. The zero-order valence-electron chi connectivity index (χ0n) is 9.46. The second-order valence-electron chi connectivity index (χ2n) is 4.55. The lowest BCUT2D eigenvalue weighted by atomic mass is 9.86. The standard InChI is InChI=1S/C13H18FN/c1-10-4-3-5-12(14)13(10)11-6-8-15(2)9-7-11/h3-5,11H,6-9H2,1-2H3. The minimum atomic E-state index is -0.0236. The Morgan fingerprint density at radius 1 is 1.27 bits per heavy atom. The van der Waals surface area contributed by atoms with E-state index in [1.54, 1.807) is 12.1 Å². The molecule has 0 atom stereocenters. The first-order valence-electron chi connectivity index (χ1n) is 5.62. The molecule has 82 valence electrons. The highest BCUT2D eigenvalue weighted by Gasteiger charge is 2.22. The van der Waals surface area contributed by atoms with Crippen molar-refractivity contribution in [2.45, 2.75) is 25.7 Å². The molecular formula is C13H18FN. The van der Waals surface area contributed by atoms with Crippen molar-refractivity contribution in [2.75, 3.05) is 20.1 Å². The van der Waals surface area contributed by atoms with E-state index in [-0.39, 0.29) is 5.82 Å². The summed E-state index contributed by atoms with van der Waals surface area (Å²) in [6, 6.07) is 5.39. The maximum absolute atomic E-state index is 13.7. The summed E-state index contributed by atoms with van der Waals surface area (Å²) in [7, 11) is 2.13. The Hall–Kier alpha value is -0.890. The maximum atomic E-state index is 13.7. The first-order valence-corrected chi connectivity index (χ1v) is 5.62. The Morgan fingerprint density at radius 3 is 2.53 bits per heavy atom. The van der Waals surface area contributed by atoms with Crippen molar-refractivity contribution in [1.82, 2.24) is 4.90 Å². The van der Waals surface area contributed by atoms with Crippen LogP contribution in [-0.2, 0) is 0 Å². The SMILES string of the molecule is Cc1cccc(F)c1C1CCN(C)CC1. The molecule has 2 heteroatoms. The third-order valence-electron chi connectivity index (χ3n) is 3.40. The van der Waals surface area contributed by atoms with Crippen LogP contribution in [0, 0.1) is 12.7 Å². The van der Waals surface area contributed by atoms with Gasteiger partial charge in [0.1, 0.15) is 5.82 Å². The van der Waals surface area contributed by atoms with E-state index in [0.717, 1.165) is 37.1 Å². The minimum absolute atomic E-state index is 0.0236. The maximum Gasteiger partial charge on any atom is 0.126 e. The number of piperidine rings is 1. The van der Waals surface area contributed by atoms with Crippen molar-refractivity contribution in [3.05, 3.63) is 35.1 Å². The molecule has 2 rings (SSSR count). The van der Waals surface area contributed by atoms with Crippen LogP contribution in [-0.4, -0.2) is 25.0 Å². The van der Waals surface area contributed by atoms with Crippen LogP contribution in [0.2, 0.25) is 0 Å². The van der Waals surface area contributed by atoms with Crippen LogP contribution in [0.25, 0.3) is 0 Å². The third kappa shape index (κ3) is 2.20. The van der Waals surface area contributed by atoms with E-state index in [0.29, 0.717) is 5.92 Å². The fraction of sp³-hybridized carbons (Fsp3) is 0.538. The molecule has 0 amide bonds. The van der Waals surface area contributed by atoms with Gasteiger partial charge in [0, 0.05) is 0 Å². The van der Waals surface area contributed by atoms with Crippen LogP contribution in [0.15, 0.2) is 18.2 Å². The van der Waals surface area contributed by atoms with Crippen LogP contribution in [0.5, 0.6) is 0 Å². The summed E-state index contributed by atoms with van der Waals surface area (Å²) >= 11 is 0. The van der Waals surface area contributed by atoms with Crippen molar-refractivity contribution in [3.63, 3.8) is 0 Å². The molecule has 0 radical (unpaired) electrons. The topological polar surface area (TPSA) is 3.24 Å². The van der Waals surface area contributed by atoms with Crippen LogP contribution in [0.4, 0.5) is 4.39 Å². The van der Waals surface area contributed by atoms with E-state index < -0.39 is 0 Å². The molecule has 0 aliphatic carbocycles. The highest BCUT2D eigenvalue weighted by atomic mass is 19.1. The van der Waals surface area contributed by atoms with Crippen LogP contribution >= 0.6 is 0 Å². The minimum Gasteiger partial charge on any atom is -0.306 e. The largest absolute Gasteiger partial charge is 0.306 e. The average molecular weight is 207 g/mol. The Kier molecular flexibility index (Phi) is 3.06. The second kappa shape index (κ2) is 4.31. The van der Waals surface area contributed by atoms with Gasteiger partial charge < -0.3 is 4.90 Å². The Morgan fingerprint density at radius 2 is 1.93 bits per heavy atom. The van der Waals surface area contributed by atoms with E-state index in [1.807, 2.05) is 13.0 Å². The van der Waals surface area contributed by atoms with E-state index >= 15 is 0 Å². The molecule has 1 aliphatic heterocycles. The molecule has 0 bridgehead atoms.